The maximum atomic E-state index is 7.39. The van der Waals surface area contributed by atoms with Gasteiger partial charge in [-0.25, -0.2) is 0 Å². The highest BCUT2D eigenvalue weighted by Crippen LogP contribution is 2.21. The number of aromatic nitrogens is 1. The SMILES string of the molecule is [2H]C([2H])([2H])C([2H])([2H])C([2H])([2H])Oc1nc(Br)cs1. The molecule has 2 nitrogen and oxygen atoms in total. The van der Waals surface area contributed by atoms with Gasteiger partial charge >= 0.3 is 0 Å². The van der Waals surface area contributed by atoms with E-state index < -0.39 is 19.8 Å². The second kappa shape index (κ2) is 3.93. The van der Waals surface area contributed by atoms with Crippen molar-refractivity contribution in [3.8, 4) is 5.19 Å². The molecule has 0 aliphatic heterocycles. The van der Waals surface area contributed by atoms with Crippen LogP contribution < -0.4 is 4.74 Å². The van der Waals surface area contributed by atoms with Crippen molar-refractivity contribution in [3.05, 3.63) is 9.98 Å². The summed E-state index contributed by atoms with van der Waals surface area (Å²) in [5.41, 5.74) is 0. The van der Waals surface area contributed by atoms with E-state index in [1.807, 2.05) is 0 Å². The summed E-state index contributed by atoms with van der Waals surface area (Å²) in [5, 5.41) is 1.37. The van der Waals surface area contributed by atoms with Crippen molar-refractivity contribution in [2.24, 2.45) is 0 Å². The molecule has 1 aromatic rings. The molecule has 0 N–H and O–H groups in total. The van der Waals surface area contributed by atoms with Gasteiger partial charge in [-0.05, 0) is 22.3 Å². The monoisotopic (exact) mass is 228 g/mol. The van der Waals surface area contributed by atoms with Crippen LogP contribution in [0.5, 0.6) is 5.19 Å². The molecule has 1 aromatic heterocycles. The topological polar surface area (TPSA) is 22.1 Å². The Balaban J connectivity index is 2.95. The lowest BCUT2D eigenvalue weighted by Crippen LogP contribution is -1.93. The lowest BCUT2D eigenvalue weighted by atomic mass is 10.5. The zero-order valence-corrected chi connectivity index (χ0v) is 7.12. The number of hydrogen-bond acceptors (Lipinski definition) is 3. The van der Waals surface area contributed by atoms with Gasteiger partial charge in [0.15, 0.2) is 0 Å². The van der Waals surface area contributed by atoms with Gasteiger partial charge in [0, 0.05) is 12.2 Å². The predicted octanol–water partition coefficient (Wildman–Crippen LogP) is 2.69. The molecule has 1 rings (SSSR count). The standard InChI is InChI=1S/C6H8BrNOS/c1-2-3-9-6-8-5(7)4-10-6/h4H,2-3H2,1H3/i1D3,2D2,3D2. The first-order chi connectivity index (χ1) is 7.47. The molecule has 0 radical (unpaired) electrons. The fraction of sp³-hybridized carbons (Fsp3) is 0.500. The van der Waals surface area contributed by atoms with Crippen molar-refractivity contribution in [3.63, 3.8) is 0 Å². The van der Waals surface area contributed by atoms with E-state index in [4.69, 9.17) is 9.60 Å². The molecule has 0 aliphatic rings. The highest BCUT2D eigenvalue weighted by Gasteiger charge is 1.97. The molecule has 0 saturated heterocycles. The second-order valence-electron chi connectivity index (χ2n) is 1.27. The van der Waals surface area contributed by atoms with Crippen LogP contribution in [0.1, 0.15) is 22.8 Å². The van der Waals surface area contributed by atoms with E-state index in [1.54, 1.807) is 0 Å². The predicted molar refractivity (Wildman–Crippen MR) is 45.6 cm³/mol. The molecule has 0 spiro atoms. The third-order valence-electron chi connectivity index (χ3n) is 0.644. The number of halogens is 1. The van der Waals surface area contributed by atoms with Crippen LogP contribution in [0, 0.1) is 0 Å². The molecule has 10 heavy (non-hydrogen) atoms. The van der Waals surface area contributed by atoms with Gasteiger partial charge in [0.05, 0.1) is 9.30 Å². The van der Waals surface area contributed by atoms with Crippen LogP contribution in [0.4, 0.5) is 0 Å². The van der Waals surface area contributed by atoms with Gasteiger partial charge in [0.2, 0.25) is 0 Å². The molecule has 0 aromatic carbocycles. The Morgan fingerprint density at radius 1 is 2.10 bits per heavy atom. The van der Waals surface area contributed by atoms with Gasteiger partial charge in [-0.3, -0.25) is 0 Å². The van der Waals surface area contributed by atoms with Crippen molar-refractivity contribution in [2.45, 2.75) is 13.2 Å². The average molecular weight is 229 g/mol. The van der Waals surface area contributed by atoms with Crippen LogP contribution in [0.2, 0.25) is 0 Å². The molecule has 0 bridgehead atoms. The first-order valence-corrected chi connectivity index (χ1v) is 3.95. The second-order valence-corrected chi connectivity index (χ2v) is 2.90. The number of rotatable bonds is 3. The average Bonchev–Trinajstić information content (AvgIpc) is 2.47. The van der Waals surface area contributed by atoms with Crippen molar-refractivity contribution in [1.82, 2.24) is 4.98 Å². The number of ether oxygens (including phenoxy) is 1. The Hall–Kier alpha value is -0.0900. The third kappa shape index (κ3) is 2.27. The zero-order valence-electron chi connectivity index (χ0n) is 11.7. The summed E-state index contributed by atoms with van der Waals surface area (Å²) in [6, 6.07) is 0. The van der Waals surface area contributed by atoms with Crippen LogP contribution in [0.3, 0.4) is 0 Å². The van der Waals surface area contributed by atoms with Crippen LogP contribution in [-0.4, -0.2) is 11.5 Å². The van der Waals surface area contributed by atoms with E-state index in [2.05, 4.69) is 25.7 Å². The minimum Gasteiger partial charge on any atom is -0.470 e. The Morgan fingerprint density at radius 2 is 3.00 bits per heavy atom. The maximum absolute atomic E-state index is 7.39. The van der Waals surface area contributed by atoms with Crippen LogP contribution >= 0.6 is 27.3 Å². The van der Waals surface area contributed by atoms with E-state index >= 15 is 0 Å². The largest absolute Gasteiger partial charge is 0.470 e. The minimum atomic E-state index is -3.14. The molecule has 0 aliphatic carbocycles. The molecule has 0 saturated carbocycles. The van der Waals surface area contributed by atoms with Gasteiger partial charge in [0.25, 0.3) is 5.19 Å². The summed E-state index contributed by atoms with van der Waals surface area (Å²) < 4.78 is 55.4. The van der Waals surface area contributed by atoms with Crippen molar-refractivity contribution < 1.29 is 14.3 Å². The number of hydrogen-bond donors (Lipinski definition) is 0. The van der Waals surface area contributed by atoms with Gasteiger partial charge in [-0.2, -0.15) is 4.98 Å². The van der Waals surface area contributed by atoms with Gasteiger partial charge in [-0.1, -0.05) is 18.2 Å². The summed E-state index contributed by atoms with van der Waals surface area (Å²) in [7, 11) is 0. The van der Waals surface area contributed by atoms with E-state index in [0.29, 0.717) is 4.60 Å². The van der Waals surface area contributed by atoms with Gasteiger partial charge < -0.3 is 4.74 Å². The van der Waals surface area contributed by atoms with Crippen molar-refractivity contribution in [2.75, 3.05) is 6.56 Å². The zero-order chi connectivity index (χ0) is 13.5. The molecule has 0 amide bonds. The molecule has 0 atom stereocenters. The van der Waals surface area contributed by atoms with Crippen molar-refractivity contribution >= 4 is 27.3 Å². The molecule has 4 heteroatoms. The summed E-state index contributed by atoms with van der Waals surface area (Å²) in [6.07, 6.45) is -3.14. The van der Waals surface area contributed by atoms with Crippen molar-refractivity contribution in [1.29, 1.82) is 0 Å². The minimum absolute atomic E-state index is 0.144. The smallest absolute Gasteiger partial charge is 0.274 e. The first-order valence-electron chi connectivity index (χ1n) is 5.77. The highest BCUT2D eigenvalue weighted by atomic mass is 79.9. The summed E-state index contributed by atoms with van der Waals surface area (Å²) in [6.45, 7) is -6.14. The van der Waals surface area contributed by atoms with E-state index in [0.717, 1.165) is 11.3 Å². The van der Waals surface area contributed by atoms with Crippen LogP contribution in [-0.2, 0) is 0 Å². The molecular weight excluding hydrogens is 214 g/mol. The quantitative estimate of drug-likeness (QED) is 0.794. The Bertz CT molecular complexity index is 403. The van der Waals surface area contributed by atoms with Gasteiger partial charge in [0.1, 0.15) is 4.60 Å². The van der Waals surface area contributed by atoms with Gasteiger partial charge in [-0.15, -0.1) is 0 Å². The van der Waals surface area contributed by atoms with E-state index in [-0.39, 0.29) is 5.19 Å². The first kappa shape index (κ1) is 2.75. The summed E-state index contributed by atoms with van der Waals surface area (Å²) >= 11 is 3.95. The fourth-order valence-electron chi connectivity index (χ4n) is 0.355. The lowest BCUT2D eigenvalue weighted by molar-refractivity contribution is 0.315. The fourth-order valence-corrected chi connectivity index (χ4v) is 1.41. The molecule has 1 heterocycles. The Kier molecular flexibility index (Phi) is 1.08. The third-order valence-corrected chi connectivity index (χ3v) is 2.07. The summed E-state index contributed by atoms with van der Waals surface area (Å²) in [5.74, 6) is 0. The molecular formula is C6H8BrNOS. The molecule has 0 fully saturated rings. The Morgan fingerprint density at radius 3 is 3.60 bits per heavy atom. The normalized spacial score (nSPS) is 24.3. The van der Waals surface area contributed by atoms with E-state index in [1.165, 1.54) is 5.38 Å². The lowest BCUT2D eigenvalue weighted by Gasteiger charge is -1.95. The molecule has 56 valence electrons. The summed E-state index contributed by atoms with van der Waals surface area (Å²) in [4.78, 5) is 3.71. The number of thiazole rings is 1. The number of nitrogens with zero attached hydrogens (tertiary/aromatic N) is 1. The van der Waals surface area contributed by atoms with Crippen LogP contribution in [0.25, 0.3) is 0 Å². The molecule has 0 unspecified atom stereocenters. The van der Waals surface area contributed by atoms with E-state index in [9.17, 15) is 0 Å². The van der Waals surface area contributed by atoms with Crippen LogP contribution in [0.15, 0.2) is 9.98 Å². The Labute approximate surface area is 82.2 Å². The maximum Gasteiger partial charge on any atom is 0.274 e. The highest BCUT2D eigenvalue weighted by molar-refractivity contribution is 9.10.